The molecular weight excluding hydrogens is 498 g/mol. The van der Waals surface area contributed by atoms with Crippen LogP contribution in [0.1, 0.15) is 33.4 Å². The largest absolute Gasteiger partial charge is 0.416 e. The zero-order valence-electron chi connectivity index (χ0n) is 19.8. The van der Waals surface area contributed by atoms with E-state index in [9.17, 15) is 26.3 Å². The Balaban J connectivity index is 1.35. The standard InChI is InChI=1S/C32H20F6/c33-31(34,35)29-13-7-21(8-14-29)1-3-23-5-11-25-20-28-18-24(6-12-26(28)19-27(25)17-23)4-2-22-9-15-30(16-10-22)32(36,37)38/h1-20H/b3-1+,4-2+. The van der Waals surface area contributed by atoms with Crippen LogP contribution >= 0.6 is 0 Å². The Morgan fingerprint density at radius 2 is 0.658 bits per heavy atom. The molecule has 0 nitrogen and oxygen atoms in total. The van der Waals surface area contributed by atoms with Gasteiger partial charge in [-0.05, 0) is 92.3 Å². The fourth-order valence-corrected chi connectivity index (χ4v) is 4.19. The molecule has 0 radical (unpaired) electrons. The number of hydrogen-bond donors (Lipinski definition) is 0. The lowest BCUT2D eigenvalue weighted by Crippen LogP contribution is -2.03. The van der Waals surface area contributed by atoms with Gasteiger partial charge in [-0.1, -0.05) is 72.8 Å². The molecule has 0 atom stereocenters. The van der Waals surface area contributed by atoms with Gasteiger partial charge in [0, 0.05) is 0 Å². The van der Waals surface area contributed by atoms with Crippen LogP contribution < -0.4 is 0 Å². The molecule has 5 rings (SSSR count). The first kappa shape index (κ1) is 25.3. The lowest BCUT2D eigenvalue weighted by molar-refractivity contribution is -0.138. The van der Waals surface area contributed by atoms with Crippen LogP contribution in [0, 0.1) is 0 Å². The van der Waals surface area contributed by atoms with Crippen LogP contribution in [0.3, 0.4) is 0 Å². The summed E-state index contributed by atoms with van der Waals surface area (Å²) in [6, 6.07) is 26.1. The molecule has 0 saturated heterocycles. The topological polar surface area (TPSA) is 0 Å². The van der Waals surface area contributed by atoms with E-state index in [0.29, 0.717) is 11.1 Å². The summed E-state index contributed by atoms with van der Waals surface area (Å²) in [5.41, 5.74) is 1.85. The van der Waals surface area contributed by atoms with Gasteiger partial charge < -0.3 is 0 Å². The maximum absolute atomic E-state index is 12.8. The predicted octanol–water partition coefficient (Wildman–Crippen LogP) is 10.4. The van der Waals surface area contributed by atoms with E-state index in [1.54, 1.807) is 12.2 Å². The molecule has 6 heteroatoms. The van der Waals surface area contributed by atoms with Crippen molar-refractivity contribution in [1.29, 1.82) is 0 Å². The Morgan fingerprint density at radius 3 is 1.00 bits per heavy atom. The van der Waals surface area contributed by atoms with E-state index in [0.717, 1.165) is 56.9 Å². The highest BCUT2D eigenvalue weighted by Crippen LogP contribution is 2.31. The van der Waals surface area contributed by atoms with Crippen molar-refractivity contribution in [2.24, 2.45) is 0 Å². The molecule has 0 bridgehead atoms. The quantitative estimate of drug-likeness (QED) is 0.126. The SMILES string of the molecule is FC(F)(F)c1ccc(/C=C/c2ccc3cc4cc(/C=C/c5ccc(C(F)(F)F)cc5)ccc4cc3c2)cc1. The van der Waals surface area contributed by atoms with Gasteiger partial charge in [0.05, 0.1) is 11.1 Å². The van der Waals surface area contributed by atoms with Gasteiger partial charge in [-0.3, -0.25) is 0 Å². The molecule has 0 unspecified atom stereocenters. The van der Waals surface area contributed by atoms with Gasteiger partial charge in [-0.25, -0.2) is 0 Å². The Hall–Kier alpha value is -4.32. The summed E-state index contributed by atoms with van der Waals surface area (Å²) in [4.78, 5) is 0. The van der Waals surface area contributed by atoms with Crippen LogP contribution in [0.2, 0.25) is 0 Å². The summed E-state index contributed by atoms with van der Waals surface area (Å²) in [6.45, 7) is 0. The molecule has 190 valence electrons. The van der Waals surface area contributed by atoms with Crippen molar-refractivity contribution in [1.82, 2.24) is 0 Å². The van der Waals surface area contributed by atoms with Gasteiger partial charge in [0.1, 0.15) is 0 Å². The molecular formula is C32H20F6. The van der Waals surface area contributed by atoms with E-state index in [2.05, 4.69) is 12.1 Å². The van der Waals surface area contributed by atoms with Gasteiger partial charge in [0.2, 0.25) is 0 Å². The number of fused-ring (bicyclic) bond motifs is 2. The van der Waals surface area contributed by atoms with E-state index in [-0.39, 0.29) is 0 Å². The normalized spacial score (nSPS) is 12.8. The van der Waals surface area contributed by atoms with Crippen molar-refractivity contribution in [2.75, 3.05) is 0 Å². The number of alkyl halides is 6. The van der Waals surface area contributed by atoms with Crippen molar-refractivity contribution in [3.05, 3.63) is 130 Å². The van der Waals surface area contributed by atoms with Gasteiger partial charge >= 0.3 is 12.4 Å². The van der Waals surface area contributed by atoms with Crippen LogP contribution in [0.15, 0.2) is 97.1 Å². The third-order valence-corrected chi connectivity index (χ3v) is 6.26. The van der Waals surface area contributed by atoms with Crippen molar-refractivity contribution in [2.45, 2.75) is 12.4 Å². The molecule has 0 spiro atoms. The summed E-state index contributed by atoms with van der Waals surface area (Å²) in [5, 5.41) is 4.13. The van der Waals surface area contributed by atoms with Crippen molar-refractivity contribution in [3.63, 3.8) is 0 Å². The van der Waals surface area contributed by atoms with Crippen molar-refractivity contribution >= 4 is 45.8 Å². The number of rotatable bonds is 4. The molecule has 0 aliphatic rings. The smallest absolute Gasteiger partial charge is 0.166 e. The van der Waals surface area contributed by atoms with Gasteiger partial charge in [-0.15, -0.1) is 0 Å². The summed E-state index contributed by atoms with van der Waals surface area (Å²) >= 11 is 0. The molecule has 0 aromatic heterocycles. The molecule has 5 aromatic rings. The molecule has 5 aromatic carbocycles. The second-order valence-corrected chi connectivity index (χ2v) is 8.97. The fourth-order valence-electron chi connectivity index (χ4n) is 4.19. The Morgan fingerprint density at radius 1 is 0.342 bits per heavy atom. The molecule has 0 N–H and O–H groups in total. The molecule has 0 aliphatic carbocycles. The number of benzene rings is 5. The highest BCUT2D eigenvalue weighted by atomic mass is 19.4. The highest BCUT2D eigenvalue weighted by molar-refractivity contribution is 6.00. The maximum Gasteiger partial charge on any atom is 0.416 e. The summed E-state index contributed by atoms with van der Waals surface area (Å²) in [6.07, 6.45) is -1.43. The van der Waals surface area contributed by atoms with Gasteiger partial charge in [0.25, 0.3) is 0 Å². The molecule has 0 fully saturated rings. The fraction of sp³-hybridized carbons (Fsp3) is 0.0625. The summed E-state index contributed by atoms with van der Waals surface area (Å²) in [5.74, 6) is 0. The molecule has 0 saturated carbocycles. The second kappa shape index (κ2) is 9.86. The minimum Gasteiger partial charge on any atom is -0.166 e. The molecule has 0 amide bonds. The average molecular weight is 519 g/mol. The summed E-state index contributed by atoms with van der Waals surface area (Å²) < 4.78 is 76.5. The zero-order chi connectivity index (χ0) is 26.9. The van der Waals surface area contributed by atoms with E-state index in [1.165, 1.54) is 24.3 Å². The zero-order valence-corrected chi connectivity index (χ0v) is 19.8. The van der Waals surface area contributed by atoms with Gasteiger partial charge in [-0.2, -0.15) is 26.3 Å². The monoisotopic (exact) mass is 518 g/mol. The van der Waals surface area contributed by atoms with Crippen molar-refractivity contribution in [3.8, 4) is 0 Å². The Kier molecular flexibility index (Phi) is 6.57. The minimum atomic E-state index is -4.35. The third kappa shape index (κ3) is 5.80. The summed E-state index contributed by atoms with van der Waals surface area (Å²) in [7, 11) is 0. The first-order chi connectivity index (χ1) is 18.0. The lowest BCUT2D eigenvalue weighted by Gasteiger charge is -2.07. The van der Waals surface area contributed by atoms with Crippen LogP contribution in [0.25, 0.3) is 45.8 Å². The number of hydrogen-bond acceptors (Lipinski definition) is 0. The van der Waals surface area contributed by atoms with Crippen LogP contribution in [0.5, 0.6) is 0 Å². The average Bonchev–Trinajstić information content (AvgIpc) is 2.89. The predicted molar refractivity (Wildman–Crippen MR) is 142 cm³/mol. The first-order valence-electron chi connectivity index (χ1n) is 11.7. The van der Waals surface area contributed by atoms with E-state index in [4.69, 9.17) is 0 Å². The Bertz CT molecular complexity index is 1530. The highest BCUT2D eigenvalue weighted by Gasteiger charge is 2.30. The van der Waals surface area contributed by atoms with Crippen LogP contribution in [-0.4, -0.2) is 0 Å². The van der Waals surface area contributed by atoms with Crippen molar-refractivity contribution < 1.29 is 26.3 Å². The van der Waals surface area contributed by atoms with Crippen LogP contribution in [-0.2, 0) is 12.4 Å². The first-order valence-corrected chi connectivity index (χ1v) is 11.7. The van der Waals surface area contributed by atoms with E-state index >= 15 is 0 Å². The van der Waals surface area contributed by atoms with Gasteiger partial charge in [0.15, 0.2) is 0 Å². The second-order valence-electron chi connectivity index (χ2n) is 8.97. The minimum absolute atomic E-state index is 0.675. The van der Waals surface area contributed by atoms with E-state index in [1.807, 2.05) is 48.6 Å². The van der Waals surface area contributed by atoms with E-state index < -0.39 is 23.5 Å². The molecule has 0 heterocycles. The third-order valence-electron chi connectivity index (χ3n) is 6.26. The maximum atomic E-state index is 12.8. The molecule has 0 aliphatic heterocycles. The van der Waals surface area contributed by atoms with Crippen LogP contribution in [0.4, 0.5) is 26.3 Å². The Labute approximate surface area is 215 Å². The molecule has 38 heavy (non-hydrogen) atoms. The number of halogens is 6. The lowest BCUT2D eigenvalue weighted by atomic mass is 9.99.